The van der Waals surface area contributed by atoms with E-state index in [4.69, 9.17) is 0 Å². The fourth-order valence-electron chi connectivity index (χ4n) is 1.33. The van der Waals surface area contributed by atoms with Crippen LogP contribution in [0.3, 0.4) is 0 Å². The van der Waals surface area contributed by atoms with Gasteiger partial charge in [-0.3, -0.25) is 4.98 Å². The Hall–Kier alpha value is -0.930. The van der Waals surface area contributed by atoms with E-state index in [2.05, 4.69) is 55.1 Å². The van der Waals surface area contributed by atoms with E-state index < -0.39 is 0 Å². The summed E-state index contributed by atoms with van der Waals surface area (Å²) in [6.45, 7) is 1.86. The minimum Gasteiger partial charge on any atom is -0.305 e. The molecule has 0 N–H and O–H groups in total. The second-order valence-electron chi connectivity index (χ2n) is 4.13. The van der Waals surface area contributed by atoms with Gasteiger partial charge in [0.05, 0.1) is 5.69 Å². The van der Waals surface area contributed by atoms with Crippen LogP contribution in [0.15, 0.2) is 18.3 Å². The zero-order valence-electron chi connectivity index (χ0n) is 9.49. The molecule has 3 nitrogen and oxygen atoms in total. The molecule has 78 valence electrons. The maximum atomic E-state index is 4.40. The zero-order valence-corrected chi connectivity index (χ0v) is 9.49. The second kappa shape index (κ2) is 5.08. The molecule has 1 aromatic heterocycles. The molecule has 0 radical (unpaired) electrons. The van der Waals surface area contributed by atoms with Crippen LogP contribution in [0.2, 0.25) is 0 Å². The topological polar surface area (TPSA) is 19.4 Å². The van der Waals surface area contributed by atoms with Crippen molar-refractivity contribution in [3.8, 4) is 0 Å². The van der Waals surface area contributed by atoms with E-state index in [1.54, 1.807) is 0 Å². The van der Waals surface area contributed by atoms with Crippen LogP contribution < -0.4 is 0 Å². The first kappa shape index (κ1) is 11.1. The van der Waals surface area contributed by atoms with Crippen LogP contribution in [-0.4, -0.2) is 43.0 Å². The Labute approximate surface area is 86.4 Å². The smallest absolute Gasteiger partial charge is 0.0543 e. The van der Waals surface area contributed by atoms with E-state index in [0.29, 0.717) is 0 Å². The third kappa shape index (κ3) is 3.85. The molecule has 0 aliphatic rings. The molecule has 0 fully saturated rings. The summed E-state index contributed by atoms with van der Waals surface area (Å²) in [6.07, 6.45) is 1.96. The van der Waals surface area contributed by atoms with Crippen molar-refractivity contribution in [3.63, 3.8) is 0 Å². The van der Waals surface area contributed by atoms with Gasteiger partial charge in [-0.25, -0.2) is 0 Å². The predicted molar refractivity (Wildman–Crippen MR) is 59.0 cm³/mol. The summed E-state index contributed by atoms with van der Waals surface area (Å²) < 4.78 is 0. The molecule has 0 saturated carbocycles. The lowest BCUT2D eigenvalue weighted by Crippen LogP contribution is -2.13. The summed E-state index contributed by atoms with van der Waals surface area (Å²) in [7, 11) is 8.23. The first-order valence-corrected chi connectivity index (χ1v) is 4.81. The highest BCUT2D eigenvalue weighted by Crippen LogP contribution is 2.03. The molecule has 0 saturated heterocycles. The summed E-state index contributed by atoms with van der Waals surface area (Å²) in [5, 5.41) is 0. The van der Waals surface area contributed by atoms with Crippen molar-refractivity contribution in [3.05, 3.63) is 29.6 Å². The summed E-state index contributed by atoms with van der Waals surface area (Å²) in [5.74, 6) is 0. The van der Waals surface area contributed by atoms with Crippen LogP contribution in [-0.2, 0) is 13.1 Å². The number of nitrogens with zero attached hydrogens (tertiary/aromatic N) is 3. The van der Waals surface area contributed by atoms with Gasteiger partial charge in [-0.2, -0.15) is 0 Å². The van der Waals surface area contributed by atoms with Gasteiger partial charge in [-0.15, -0.1) is 0 Å². The molecule has 0 aromatic carbocycles. The van der Waals surface area contributed by atoms with Gasteiger partial charge in [0.2, 0.25) is 0 Å². The highest BCUT2D eigenvalue weighted by Gasteiger charge is 1.98. The van der Waals surface area contributed by atoms with Crippen LogP contribution in [0, 0.1) is 0 Å². The quantitative estimate of drug-likeness (QED) is 0.716. The molecule has 0 atom stereocenters. The van der Waals surface area contributed by atoms with E-state index in [1.165, 1.54) is 5.56 Å². The third-order valence-corrected chi connectivity index (χ3v) is 1.86. The highest BCUT2D eigenvalue weighted by atomic mass is 15.1. The van der Waals surface area contributed by atoms with Crippen molar-refractivity contribution < 1.29 is 0 Å². The molecule has 0 aliphatic heterocycles. The highest BCUT2D eigenvalue weighted by molar-refractivity contribution is 5.13. The normalized spacial score (nSPS) is 11.3. The Balaban J connectivity index is 2.59. The lowest BCUT2D eigenvalue weighted by Gasteiger charge is -2.11. The Kier molecular flexibility index (Phi) is 4.04. The molecule has 1 heterocycles. The first-order valence-electron chi connectivity index (χ1n) is 4.81. The largest absolute Gasteiger partial charge is 0.305 e. The van der Waals surface area contributed by atoms with E-state index in [-0.39, 0.29) is 0 Å². The minimum absolute atomic E-state index is 0.905. The number of hydrogen-bond acceptors (Lipinski definition) is 3. The average molecular weight is 193 g/mol. The molecule has 1 rings (SSSR count). The van der Waals surface area contributed by atoms with Crippen molar-refractivity contribution in [2.24, 2.45) is 0 Å². The van der Waals surface area contributed by atoms with Crippen molar-refractivity contribution >= 4 is 0 Å². The SMILES string of the molecule is CN(C)Cc1ccc(CN(C)C)nc1. The molecule has 0 unspecified atom stereocenters. The molecule has 0 amide bonds. The van der Waals surface area contributed by atoms with Crippen LogP contribution in [0.1, 0.15) is 11.3 Å². The number of aromatic nitrogens is 1. The van der Waals surface area contributed by atoms with Gasteiger partial charge in [0.25, 0.3) is 0 Å². The summed E-state index contributed by atoms with van der Waals surface area (Å²) >= 11 is 0. The zero-order chi connectivity index (χ0) is 10.6. The molecule has 0 aliphatic carbocycles. The third-order valence-electron chi connectivity index (χ3n) is 1.86. The maximum Gasteiger partial charge on any atom is 0.0543 e. The van der Waals surface area contributed by atoms with E-state index in [9.17, 15) is 0 Å². The fourth-order valence-corrected chi connectivity index (χ4v) is 1.33. The van der Waals surface area contributed by atoms with Crippen molar-refractivity contribution in [1.82, 2.24) is 14.8 Å². The van der Waals surface area contributed by atoms with Crippen molar-refractivity contribution in [2.75, 3.05) is 28.2 Å². The van der Waals surface area contributed by atoms with Gasteiger partial charge in [0.1, 0.15) is 0 Å². The number of pyridine rings is 1. The molecule has 3 heteroatoms. The van der Waals surface area contributed by atoms with E-state index >= 15 is 0 Å². The monoisotopic (exact) mass is 193 g/mol. The van der Waals surface area contributed by atoms with Gasteiger partial charge in [0, 0.05) is 19.3 Å². The van der Waals surface area contributed by atoms with Crippen molar-refractivity contribution in [1.29, 1.82) is 0 Å². The first-order chi connectivity index (χ1) is 6.58. The minimum atomic E-state index is 0.905. The van der Waals surface area contributed by atoms with Gasteiger partial charge < -0.3 is 9.80 Å². The van der Waals surface area contributed by atoms with Gasteiger partial charge in [0.15, 0.2) is 0 Å². The molecule has 0 bridgehead atoms. The standard InChI is InChI=1S/C11H19N3/c1-13(2)8-10-5-6-11(12-7-10)9-14(3)4/h5-7H,8-9H2,1-4H3. The Morgan fingerprint density at radius 1 is 1.00 bits per heavy atom. The Morgan fingerprint density at radius 2 is 1.64 bits per heavy atom. The summed E-state index contributed by atoms with van der Waals surface area (Å²) in [5.41, 5.74) is 2.38. The van der Waals surface area contributed by atoms with E-state index in [1.807, 2.05) is 6.20 Å². The van der Waals surface area contributed by atoms with Gasteiger partial charge >= 0.3 is 0 Å². The average Bonchev–Trinajstić information content (AvgIpc) is 2.06. The molecule has 0 spiro atoms. The molecular formula is C11H19N3. The Morgan fingerprint density at radius 3 is 2.07 bits per heavy atom. The fraction of sp³-hybridized carbons (Fsp3) is 0.545. The molecular weight excluding hydrogens is 174 g/mol. The molecule has 1 aromatic rings. The summed E-state index contributed by atoms with van der Waals surface area (Å²) in [6, 6.07) is 4.24. The second-order valence-corrected chi connectivity index (χ2v) is 4.13. The van der Waals surface area contributed by atoms with Crippen LogP contribution in [0.25, 0.3) is 0 Å². The van der Waals surface area contributed by atoms with E-state index in [0.717, 1.165) is 18.8 Å². The number of rotatable bonds is 4. The van der Waals surface area contributed by atoms with Crippen LogP contribution >= 0.6 is 0 Å². The number of hydrogen-bond donors (Lipinski definition) is 0. The van der Waals surface area contributed by atoms with Crippen molar-refractivity contribution in [2.45, 2.75) is 13.1 Å². The maximum absolute atomic E-state index is 4.40. The Bertz CT molecular complexity index is 235. The van der Waals surface area contributed by atoms with Crippen LogP contribution in [0.5, 0.6) is 0 Å². The molecule has 14 heavy (non-hydrogen) atoms. The lowest BCUT2D eigenvalue weighted by atomic mass is 10.2. The lowest BCUT2D eigenvalue weighted by molar-refractivity contribution is 0.393. The predicted octanol–water partition coefficient (Wildman–Crippen LogP) is 1.20. The van der Waals surface area contributed by atoms with Crippen LogP contribution in [0.4, 0.5) is 0 Å². The van der Waals surface area contributed by atoms with Gasteiger partial charge in [-0.1, -0.05) is 6.07 Å². The summed E-state index contributed by atoms with van der Waals surface area (Å²) in [4.78, 5) is 8.66. The van der Waals surface area contributed by atoms with Gasteiger partial charge in [-0.05, 0) is 39.8 Å².